The fourth-order valence-corrected chi connectivity index (χ4v) is 2.48. The molecular weight excluding hydrogens is 336 g/mol. The van der Waals surface area contributed by atoms with E-state index in [0.717, 1.165) is 10.0 Å². The van der Waals surface area contributed by atoms with Crippen LogP contribution in [0.4, 0.5) is 0 Å². The number of nitrogens with two attached hydrogens (primary N) is 1. The van der Waals surface area contributed by atoms with Gasteiger partial charge in [0.25, 0.3) is 5.91 Å². The Morgan fingerprint density at radius 1 is 1.33 bits per heavy atom. The summed E-state index contributed by atoms with van der Waals surface area (Å²) in [4.78, 5) is 21.7. The summed E-state index contributed by atoms with van der Waals surface area (Å²) < 4.78 is 0.766. The Morgan fingerprint density at radius 2 is 2.14 bits per heavy atom. The SMILES string of the molecule is NCCC(CC1=COOC=C1)NC(=O)c1ccccc1Br. The number of amides is 1. The maximum absolute atomic E-state index is 12.3. The van der Waals surface area contributed by atoms with E-state index in [1.54, 1.807) is 12.1 Å². The van der Waals surface area contributed by atoms with Gasteiger partial charge in [-0.1, -0.05) is 12.1 Å². The lowest BCUT2D eigenvalue weighted by atomic mass is 10.0. The smallest absolute Gasteiger partial charge is 0.252 e. The molecule has 1 amide bonds. The van der Waals surface area contributed by atoms with Crippen molar-refractivity contribution in [2.75, 3.05) is 6.54 Å². The Labute approximate surface area is 131 Å². The van der Waals surface area contributed by atoms with E-state index in [2.05, 4.69) is 26.1 Å². The van der Waals surface area contributed by atoms with Gasteiger partial charge in [0, 0.05) is 10.5 Å². The molecule has 6 heteroatoms. The molecule has 0 saturated carbocycles. The number of nitrogens with one attached hydrogen (secondary N) is 1. The predicted octanol–water partition coefficient (Wildman–Crippen LogP) is 2.65. The van der Waals surface area contributed by atoms with E-state index in [0.29, 0.717) is 24.9 Å². The first-order valence-electron chi connectivity index (χ1n) is 6.64. The minimum atomic E-state index is -0.126. The Kier molecular flexibility index (Phi) is 5.83. The molecule has 1 aromatic carbocycles. The van der Waals surface area contributed by atoms with E-state index in [1.165, 1.54) is 12.5 Å². The molecule has 1 aromatic rings. The van der Waals surface area contributed by atoms with Crippen LogP contribution >= 0.6 is 15.9 Å². The van der Waals surface area contributed by atoms with Crippen molar-refractivity contribution in [2.45, 2.75) is 18.9 Å². The van der Waals surface area contributed by atoms with E-state index in [1.807, 2.05) is 18.2 Å². The van der Waals surface area contributed by atoms with E-state index in [4.69, 9.17) is 10.6 Å². The summed E-state index contributed by atoms with van der Waals surface area (Å²) in [6.45, 7) is 0.495. The summed E-state index contributed by atoms with van der Waals surface area (Å²) in [7, 11) is 0. The number of rotatable bonds is 6. The van der Waals surface area contributed by atoms with Crippen LogP contribution in [0.15, 0.2) is 52.9 Å². The molecule has 1 unspecified atom stereocenters. The summed E-state index contributed by atoms with van der Waals surface area (Å²) in [6, 6.07) is 7.25. The van der Waals surface area contributed by atoms with Gasteiger partial charge in [0.15, 0.2) is 0 Å². The van der Waals surface area contributed by atoms with Crippen molar-refractivity contribution < 1.29 is 14.6 Å². The van der Waals surface area contributed by atoms with Crippen LogP contribution < -0.4 is 11.1 Å². The highest BCUT2D eigenvalue weighted by atomic mass is 79.9. The van der Waals surface area contributed by atoms with Gasteiger partial charge < -0.3 is 11.1 Å². The van der Waals surface area contributed by atoms with Gasteiger partial charge in [0.2, 0.25) is 0 Å². The number of halogens is 1. The van der Waals surface area contributed by atoms with Crippen LogP contribution in [-0.4, -0.2) is 18.5 Å². The molecular formula is C15H17BrN2O3. The second kappa shape index (κ2) is 7.85. The zero-order chi connectivity index (χ0) is 15.1. The minimum Gasteiger partial charge on any atom is -0.349 e. The maximum atomic E-state index is 12.3. The van der Waals surface area contributed by atoms with E-state index >= 15 is 0 Å². The van der Waals surface area contributed by atoms with Crippen molar-refractivity contribution in [1.29, 1.82) is 0 Å². The summed E-state index contributed by atoms with van der Waals surface area (Å²) in [6.07, 6.45) is 6.10. The summed E-state index contributed by atoms with van der Waals surface area (Å²) in [5, 5.41) is 3.00. The second-order valence-electron chi connectivity index (χ2n) is 4.62. The van der Waals surface area contributed by atoms with Gasteiger partial charge in [-0.3, -0.25) is 14.6 Å². The second-order valence-corrected chi connectivity index (χ2v) is 5.47. The number of allylic oxidation sites excluding steroid dienone is 1. The molecule has 1 aliphatic heterocycles. The number of carbonyl (C=O) groups excluding carboxylic acids is 1. The average Bonchev–Trinajstić information content (AvgIpc) is 2.49. The normalized spacial score (nSPS) is 14.7. The number of carbonyl (C=O) groups is 1. The van der Waals surface area contributed by atoms with Crippen LogP contribution in [0.3, 0.4) is 0 Å². The Hall–Kier alpha value is -1.79. The lowest BCUT2D eigenvalue weighted by molar-refractivity contribution is -0.199. The Morgan fingerprint density at radius 3 is 2.81 bits per heavy atom. The van der Waals surface area contributed by atoms with Crippen molar-refractivity contribution in [3.05, 3.63) is 58.5 Å². The van der Waals surface area contributed by atoms with Crippen molar-refractivity contribution in [3.8, 4) is 0 Å². The van der Waals surface area contributed by atoms with Crippen LogP contribution in [0.25, 0.3) is 0 Å². The number of hydrogen-bond acceptors (Lipinski definition) is 4. The fraction of sp³-hybridized carbons (Fsp3) is 0.267. The third-order valence-corrected chi connectivity index (χ3v) is 3.74. The van der Waals surface area contributed by atoms with E-state index < -0.39 is 0 Å². The largest absolute Gasteiger partial charge is 0.349 e. The zero-order valence-corrected chi connectivity index (χ0v) is 13.0. The molecule has 1 atom stereocenters. The predicted molar refractivity (Wildman–Crippen MR) is 83.1 cm³/mol. The van der Waals surface area contributed by atoms with Gasteiger partial charge >= 0.3 is 0 Å². The lowest BCUT2D eigenvalue weighted by Gasteiger charge is -2.19. The van der Waals surface area contributed by atoms with Gasteiger partial charge in [-0.25, -0.2) is 0 Å². The molecule has 0 radical (unpaired) electrons. The molecule has 1 heterocycles. The Balaban J connectivity index is 2.02. The first kappa shape index (κ1) is 15.6. The zero-order valence-electron chi connectivity index (χ0n) is 11.4. The van der Waals surface area contributed by atoms with Crippen LogP contribution in [0.1, 0.15) is 23.2 Å². The molecule has 0 aromatic heterocycles. The maximum Gasteiger partial charge on any atom is 0.252 e. The third kappa shape index (κ3) is 4.61. The first-order valence-corrected chi connectivity index (χ1v) is 7.43. The fourth-order valence-electron chi connectivity index (χ4n) is 2.01. The molecule has 2 rings (SSSR count). The van der Waals surface area contributed by atoms with Crippen molar-refractivity contribution >= 4 is 21.8 Å². The summed E-state index contributed by atoms with van der Waals surface area (Å²) in [5.41, 5.74) is 7.17. The van der Waals surface area contributed by atoms with Gasteiger partial charge in [0.05, 0.1) is 5.56 Å². The highest BCUT2D eigenvalue weighted by Crippen LogP contribution is 2.18. The van der Waals surface area contributed by atoms with Gasteiger partial charge in [-0.2, -0.15) is 0 Å². The van der Waals surface area contributed by atoms with Crippen molar-refractivity contribution in [2.24, 2.45) is 5.73 Å². The summed E-state index contributed by atoms with van der Waals surface area (Å²) >= 11 is 3.38. The summed E-state index contributed by atoms with van der Waals surface area (Å²) in [5.74, 6) is -0.126. The van der Waals surface area contributed by atoms with Gasteiger partial charge in [0.1, 0.15) is 12.5 Å². The molecule has 1 aliphatic rings. The van der Waals surface area contributed by atoms with Crippen molar-refractivity contribution in [3.63, 3.8) is 0 Å². The molecule has 0 spiro atoms. The highest BCUT2D eigenvalue weighted by molar-refractivity contribution is 9.10. The molecule has 3 N–H and O–H groups in total. The number of hydrogen-bond donors (Lipinski definition) is 2. The van der Waals surface area contributed by atoms with Crippen molar-refractivity contribution in [1.82, 2.24) is 5.32 Å². The first-order chi connectivity index (χ1) is 10.2. The quantitative estimate of drug-likeness (QED) is 0.772. The Bertz CT molecular complexity index is 558. The lowest BCUT2D eigenvalue weighted by Crippen LogP contribution is -2.36. The van der Waals surface area contributed by atoms with Gasteiger partial charge in [-0.05, 0) is 59.1 Å². The molecule has 0 aliphatic carbocycles. The van der Waals surface area contributed by atoms with E-state index in [9.17, 15) is 4.79 Å². The van der Waals surface area contributed by atoms with Crippen LogP contribution in [0, 0.1) is 0 Å². The molecule has 112 valence electrons. The standard InChI is InChI=1S/C15H17BrN2O3/c16-14-4-2-1-3-13(14)15(19)18-12(5-7-17)9-11-6-8-20-21-10-11/h1-4,6,8,10,12H,5,7,9,17H2,(H,18,19). The van der Waals surface area contributed by atoms with Crippen LogP contribution in [0.2, 0.25) is 0 Å². The topological polar surface area (TPSA) is 73.6 Å². The number of benzene rings is 1. The molecule has 0 bridgehead atoms. The molecule has 5 nitrogen and oxygen atoms in total. The minimum absolute atomic E-state index is 0.0628. The van der Waals surface area contributed by atoms with Gasteiger partial charge in [-0.15, -0.1) is 0 Å². The van der Waals surface area contributed by atoms with E-state index in [-0.39, 0.29) is 11.9 Å². The van der Waals surface area contributed by atoms with Crippen LogP contribution in [0.5, 0.6) is 0 Å². The average molecular weight is 353 g/mol. The molecule has 0 fully saturated rings. The molecule has 0 saturated heterocycles. The molecule has 21 heavy (non-hydrogen) atoms. The monoisotopic (exact) mass is 352 g/mol. The third-order valence-electron chi connectivity index (χ3n) is 3.04. The highest BCUT2D eigenvalue weighted by Gasteiger charge is 2.16. The van der Waals surface area contributed by atoms with Crippen LogP contribution in [-0.2, 0) is 9.78 Å².